The van der Waals surface area contributed by atoms with Crippen molar-refractivity contribution in [1.29, 1.82) is 0 Å². The molecule has 3 rings (SSSR count). The van der Waals surface area contributed by atoms with Crippen molar-refractivity contribution in [3.05, 3.63) is 81.4 Å². The van der Waals surface area contributed by atoms with E-state index in [1.807, 2.05) is 38.1 Å². The molecule has 3 aromatic rings. The summed E-state index contributed by atoms with van der Waals surface area (Å²) in [6.07, 6.45) is 0.761. The molecule has 1 heterocycles. The Morgan fingerprint density at radius 3 is 2.58 bits per heavy atom. The molecule has 0 spiro atoms. The van der Waals surface area contributed by atoms with Crippen LogP contribution in [0.5, 0.6) is 0 Å². The second kappa shape index (κ2) is 7.52. The van der Waals surface area contributed by atoms with Gasteiger partial charge in [0.1, 0.15) is 5.82 Å². The van der Waals surface area contributed by atoms with Crippen LogP contribution in [0.3, 0.4) is 0 Å². The zero-order valence-electron chi connectivity index (χ0n) is 14.9. The van der Waals surface area contributed by atoms with E-state index in [4.69, 9.17) is 0 Å². The summed E-state index contributed by atoms with van der Waals surface area (Å²) in [7, 11) is 0. The summed E-state index contributed by atoms with van der Waals surface area (Å²) in [6.45, 7) is 4.64. The number of aryl methyl sites for hydroxylation is 1. The summed E-state index contributed by atoms with van der Waals surface area (Å²) in [5, 5.41) is 0.935. The van der Waals surface area contributed by atoms with Crippen LogP contribution in [0.15, 0.2) is 53.3 Å². The summed E-state index contributed by atoms with van der Waals surface area (Å²) in [5.74, 6) is -0.597. The fraction of sp³-hybridized carbons (Fsp3) is 0.238. The minimum Gasteiger partial charge on any atom is -0.334 e. The summed E-state index contributed by atoms with van der Waals surface area (Å²) in [5.41, 5.74) is 2.56. The summed E-state index contributed by atoms with van der Waals surface area (Å²) < 4.78 is 13.1. The van der Waals surface area contributed by atoms with Gasteiger partial charge in [0.15, 0.2) is 0 Å². The number of nitrogens with one attached hydrogen (secondary N) is 1. The van der Waals surface area contributed by atoms with Gasteiger partial charge < -0.3 is 9.88 Å². The number of halogens is 1. The molecule has 0 saturated heterocycles. The lowest BCUT2D eigenvalue weighted by atomic mass is 10.1. The van der Waals surface area contributed by atoms with Crippen LogP contribution in [0.1, 0.15) is 34.8 Å². The standard InChI is InChI=1S/C21H21FN2O2/c1-3-11-24(21(26)15-7-9-18(22)10-8-15)13-17-12-16-6-4-5-14(2)19(16)23-20(17)25/h4-10,12H,3,11,13H2,1-2H3,(H,23,25). The molecule has 0 unspecified atom stereocenters. The number of carbonyl (C=O) groups is 1. The first-order valence-electron chi connectivity index (χ1n) is 8.66. The van der Waals surface area contributed by atoms with E-state index in [9.17, 15) is 14.0 Å². The average Bonchev–Trinajstić information content (AvgIpc) is 2.63. The largest absolute Gasteiger partial charge is 0.334 e. The van der Waals surface area contributed by atoms with E-state index >= 15 is 0 Å². The molecule has 2 aromatic carbocycles. The van der Waals surface area contributed by atoms with Gasteiger partial charge in [-0.3, -0.25) is 9.59 Å². The van der Waals surface area contributed by atoms with Gasteiger partial charge in [0, 0.05) is 17.7 Å². The van der Waals surface area contributed by atoms with Crippen molar-refractivity contribution in [2.24, 2.45) is 0 Å². The number of carbonyl (C=O) groups excluding carboxylic acids is 1. The van der Waals surface area contributed by atoms with Gasteiger partial charge >= 0.3 is 0 Å². The lowest BCUT2D eigenvalue weighted by Gasteiger charge is -2.22. The van der Waals surface area contributed by atoms with Gasteiger partial charge in [-0.05, 0) is 54.6 Å². The molecule has 5 heteroatoms. The van der Waals surface area contributed by atoms with Crippen molar-refractivity contribution in [1.82, 2.24) is 9.88 Å². The number of amides is 1. The molecular weight excluding hydrogens is 331 g/mol. The lowest BCUT2D eigenvalue weighted by molar-refractivity contribution is 0.0742. The number of para-hydroxylation sites is 1. The van der Waals surface area contributed by atoms with Crippen molar-refractivity contribution >= 4 is 16.8 Å². The first-order valence-corrected chi connectivity index (χ1v) is 8.66. The predicted octanol–water partition coefficient (Wildman–Crippen LogP) is 4.03. The number of aromatic nitrogens is 1. The second-order valence-electron chi connectivity index (χ2n) is 6.40. The highest BCUT2D eigenvalue weighted by molar-refractivity contribution is 5.94. The third kappa shape index (κ3) is 3.67. The fourth-order valence-electron chi connectivity index (χ4n) is 3.05. The normalized spacial score (nSPS) is 10.9. The van der Waals surface area contributed by atoms with Gasteiger partial charge in [-0.1, -0.05) is 25.1 Å². The number of fused-ring (bicyclic) bond motifs is 1. The van der Waals surface area contributed by atoms with Gasteiger partial charge in [0.05, 0.1) is 12.1 Å². The summed E-state index contributed by atoms with van der Waals surface area (Å²) in [4.78, 5) is 29.8. The van der Waals surface area contributed by atoms with Crippen LogP contribution in [0.2, 0.25) is 0 Å². The molecule has 0 aliphatic rings. The van der Waals surface area contributed by atoms with Gasteiger partial charge in [-0.15, -0.1) is 0 Å². The van der Waals surface area contributed by atoms with E-state index in [-0.39, 0.29) is 23.8 Å². The van der Waals surface area contributed by atoms with Crippen LogP contribution in [0.4, 0.5) is 4.39 Å². The minimum absolute atomic E-state index is 0.195. The smallest absolute Gasteiger partial charge is 0.254 e. The number of rotatable bonds is 5. The molecule has 1 amide bonds. The molecule has 4 nitrogen and oxygen atoms in total. The Balaban J connectivity index is 1.94. The molecule has 0 bridgehead atoms. The van der Waals surface area contributed by atoms with E-state index < -0.39 is 0 Å². The monoisotopic (exact) mass is 352 g/mol. The molecule has 0 aliphatic heterocycles. The third-order valence-electron chi connectivity index (χ3n) is 4.40. The third-order valence-corrected chi connectivity index (χ3v) is 4.40. The molecule has 0 saturated carbocycles. The van der Waals surface area contributed by atoms with E-state index in [1.165, 1.54) is 24.3 Å². The summed E-state index contributed by atoms with van der Waals surface area (Å²) >= 11 is 0. The Morgan fingerprint density at radius 2 is 1.88 bits per heavy atom. The van der Waals surface area contributed by atoms with E-state index in [2.05, 4.69) is 4.98 Å². The van der Waals surface area contributed by atoms with Gasteiger partial charge in [0.2, 0.25) is 0 Å². The molecule has 134 valence electrons. The maximum atomic E-state index is 13.1. The first-order chi connectivity index (χ1) is 12.5. The maximum Gasteiger partial charge on any atom is 0.254 e. The first kappa shape index (κ1) is 17.9. The van der Waals surface area contributed by atoms with Crippen LogP contribution in [0, 0.1) is 12.7 Å². The Kier molecular flexibility index (Phi) is 5.16. The van der Waals surface area contributed by atoms with Crippen molar-refractivity contribution in [2.45, 2.75) is 26.8 Å². The van der Waals surface area contributed by atoms with Crippen LogP contribution >= 0.6 is 0 Å². The number of nitrogens with zero attached hydrogens (tertiary/aromatic N) is 1. The van der Waals surface area contributed by atoms with Crippen molar-refractivity contribution in [3.63, 3.8) is 0 Å². The number of H-pyrrole nitrogens is 1. The van der Waals surface area contributed by atoms with Crippen LogP contribution in [-0.2, 0) is 6.54 Å². The Labute approximate surface area is 151 Å². The highest BCUT2D eigenvalue weighted by Crippen LogP contribution is 2.17. The number of benzene rings is 2. The number of hydrogen-bond acceptors (Lipinski definition) is 2. The van der Waals surface area contributed by atoms with Crippen LogP contribution in [-0.4, -0.2) is 22.3 Å². The van der Waals surface area contributed by atoms with E-state index in [0.29, 0.717) is 17.7 Å². The van der Waals surface area contributed by atoms with Crippen LogP contribution < -0.4 is 5.56 Å². The minimum atomic E-state index is -0.384. The molecule has 0 aliphatic carbocycles. The fourth-order valence-corrected chi connectivity index (χ4v) is 3.05. The summed E-state index contributed by atoms with van der Waals surface area (Å²) in [6, 6.07) is 13.1. The Morgan fingerprint density at radius 1 is 1.15 bits per heavy atom. The average molecular weight is 352 g/mol. The maximum absolute atomic E-state index is 13.1. The van der Waals surface area contributed by atoms with Crippen molar-refractivity contribution in [2.75, 3.05) is 6.54 Å². The zero-order valence-corrected chi connectivity index (χ0v) is 14.9. The second-order valence-corrected chi connectivity index (χ2v) is 6.40. The Hall–Kier alpha value is -2.95. The van der Waals surface area contributed by atoms with Crippen molar-refractivity contribution in [3.8, 4) is 0 Å². The number of aromatic amines is 1. The molecule has 0 atom stereocenters. The molecule has 0 fully saturated rings. The quantitative estimate of drug-likeness (QED) is 0.754. The SMILES string of the molecule is CCCN(Cc1cc2cccc(C)c2[nH]c1=O)C(=O)c1ccc(F)cc1. The molecule has 1 aromatic heterocycles. The van der Waals surface area contributed by atoms with E-state index in [0.717, 1.165) is 22.9 Å². The topological polar surface area (TPSA) is 53.2 Å². The number of hydrogen-bond donors (Lipinski definition) is 1. The lowest BCUT2D eigenvalue weighted by Crippen LogP contribution is -2.33. The zero-order chi connectivity index (χ0) is 18.7. The molecule has 26 heavy (non-hydrogen) atoms. The predicted molar refractivity (Wildman–Crippen MR) is 101 cm³/mol. The highest BCUT2D eigenvalue weighted by Gasteiger charge is 2.17. The van der Waals surface area contributed by atoms with Gasteiger partial charge in [-0.2, -0.15) is 0 Å². The van der Waals surface area contributed by atoms with Gasteiger partial charge in [0.25, 0.3) is 11.5 Å². The van der Waals surface area contributed by atoms with E-state index in [1.54, 1.807) is 4.90 Å². The van der Waals surface area contributed by atoms with Gasteiger partial charge in [-0.25, -0.2) is 4.39 Å². The molecule has 1 N–H and O–H groups in total. The Bertz CT molecular complexity index is 993. The van der Waals surface area contributed by atoms with Crippen LogP contribution in [0.25, 0.3) is 10.9 Å². The van der Waals surface area contributed by atoms with Crippen molar-refractivity contribution < 1.29 is 9.18 Å². The highest BCUT2D eigenvalue weighted by atomic mass is 19.1. The molecular formula is C21H21FN2O2. The molecule has 0 radical (unpaired) electrons. The number of pyridine rings is 1.